The van der Waals surface area contributed by atoms with Gasteiger partial charge in [-0.2, -0.15) is 0 Å². The summed E-state index contributed by atoms with van der Waals surface area (Å²) in [6.07, 6.45) is 9.14. The van der Waals surface area contributed by atoms with E-state index in [-0.39, 0.29) is 41.2 Å². The molecule has 0 amide bonds. The van der Waals surface area contributed by atoms with Crippen LogP contribution in [0.2, 0.25) is 0 Å². The van der Waals surface area contributed by atoms with Crippen LogP contribution in [0.5, 0.6) is 0 Å². The Morgan fingerprint density at radius 2 is 1.92 bits per heavy atom. The van der Waals surface area contributed by atoms with E-state index in [1.54, 1.807) is 7.11 Å². The highest BCUT2D eigenvalue weighted by atomic mass is 16.5. The number of carbonyl (C=O) groups excluding carboxylic acids is 1. The van der Waals surface area contributed by atoms with Crippen LogP contribution < -0.4 is 0 Å². The highest BCUT2D eigenvalue weighted by molar-refractivity contribution is 5.90. The second kappa shape index (κ2) is 6.62. The first-order valence-corrected chi connectivity index (χ1v) is 10.00. The number of hydrogen-bond acceptors (Lipinski definition) is 4. The SMILES string of the molecule is C#CCO[C@]1(C)C[C@@H](O)[C@@]2(C)C3[C@H](OC)CCC3(CC[C@H]2C)[C@@H](C)C1=O. The van der Waals surface area contributed by atoms with E-state index < -0.39 is 11.7 Å². The fourth-order valence-corrected chi connectivity index (χ4v) is 6.74. The van der Waals surface area contributed by atoms with Crippen molar-refractivity contribution in [1.82, 2.24) is 0 Å². The molecule has 4 heteroatoms. The number of hydrogen-bond donors (Lipinski definition) is 1. The quantitative estimate of drug-likeness (QED) is 0.783. The molecule has 0 aromatic carbocycles. The van der Waals surface area contributed by atoms with E-state index in [4.69, 9.17) is 15.9 Å². The molecule has 0 saturated heterocycles. The molecule has 1 N–H and O–H groups in total. The van der Waals surface area contributed by atoms with E-state index in [1.807, 2.05) is 6.92 Å². The molecule has 3 fully saturated rings. The van der Waals surface area contributed by atoms with Gasteiger partial charge < -0.3 is 14.6 Å². The number of rotatable bonds is 3. The number of ketones is 1. The molecule has 2 unspecified atom stereocenters. The predicted octanol–water partition coefficient (Wildman–Crippen LogP) is 3.21. The van der Waals surface area contributed by atoms with Crippen molar-refractivity contribution in [2.45, 2.75) is 77.6 Å². The monoisotopic (exact) mass is 362 g/mol. The van der Waals surface area contributed by atoms with E-state index in [9.17, 15) is 9.90 Å². The number of carbonyl (C=O) groups is 1. The third-order valence-corrected chi connectivity index (χ3v) is 8.51. The van der Waals surface area contributed by atoms with Crippen LogP contribution >= 0.6 is 0 Å². The van der Waals surface area contributed by atoms with Crippen molar-refractivity contribution >= 4 is 5.78 Å². The van der Waals surface area contributed by atoms with Crippen molar-refractivity contribution in [2.24, 2.45) is 28.6 Å². The summed E-state index contributed by atoms with van der Waals surface area (Å²) in [5.41, 5.74) is -1.46. The third-order valence-electron chi connectivity index (χ3n) is 8.51. The van der Waals surface area contributed by atoms with Crippen molar-refractivity contribution in [3.05, 3.63) is 0 Å². The summed E-state index contributed by atoms with van der Waals surface area (Å²) >= 11 is 0. The zero-order valence-electron chi connectivity index (χ0n) is 16.9. The zero-order valence-corrected chi connectivity index (χ0v) is 16.9. The Balaban J connectivity index is 2.14. The fourth-order valence-electron chi connectivity index (χ4n) is 6.74. The van der Waals surface area contributed by atoms with Crippen molar-refractivity contribution < 1.29 is 19.4 Å². The van der Waals surface area contributed by atoms with E-state index in [0.29, 0.717) is 12.3 Å². The standard InChI is InChI=1S/C22H34O4/c1-7-12-26-20(4)13-17(23)21(5)14(2)8-10-22(15(3)19(20)24)11-9-16(25-6)18(21)22/h1,14-18,23H,8-13H2,2-6H3/t14-,15+,16-,17-,18?,20-,21+,22?/m1/s1. The average Bonchev–Trinajstić information content (AvgIpc) is 3.02. The van der Waals surface area contributed by atoms with Crippen LogP contribution in [0.4, 0.5) is 0 Å². The topological polar surface area (TPSA) is 55.8 Å². The van der Waals surface area contributed by atoms with Gasteiger partial charge in [-0.25, -0.2) is 0 Å². The second-order valence-corrected chi connectivity index (χ2v) is 9.36. The van der Waals surface area contributed by atoms with Crippen LogP contribution in [0.25, 0.3) is 0 Å². The number of ether oxygens (including phenoxy) is 2. The molecule has 0 aromatic rings. The average molecular weight is 363 g/mol. The Morgan fingerprint density at radius 1 is 1.27 bits per heavy atom. The molecular weight excluding hydrogens is 328 g/mol. The van der Waals surface area contributed by atoms with Crippen molar-refractivity contribution in [3.63, 3.8) is 0 Å². The maximum Gasteiger partial charge on any atom is 0.167 e. The van der Waals surface area contributed by atoms with Gasteiger partial charge in [-0.1, -0.05) is 26.7 Å². The first kappa shape index (κ1) is 19.9. The molecule has 0 radical (unpaired) electrons. The van der Waals surface area contributed by atoms with Gasteiger partial charge in [0.1, 0.15) is 12.2 Å². The van der Waals surface area contributed by atoms with Gasteiger partial charge in [0.05, 0.1) is 12.2 Å². The lowest BCUT2D eigenvalue weighted by molar-refractivity contribution is -0.204. The maximum absolute atomic E-state index is 13.5. The molecule has 8 atom stereocenters. The van der Waals surface area contributed by atoms with E-state index in [1.165, 1.54) is 0 Å². The number of methoxy groups -OCH3 is 1. The largest absolute Gasteiger partial charge is 0.392 e. The predicted molar refractivity (Wildman–Crippen MR) is 100 cm³/mol. The second-order valence-electron chi connectivity index (χ2n) is 9.36. The lowest BCUT2D eigenvalue weighted by Crippen LogP contribution is -2.64. The van der Waals surface area contributed by atoms with Crippen LogP contribution in [0.1, 0.15) is 59.8 Å². The fraction of sp³-hybridized carbons (Fsp3) is 0.864. The van der Waals surface area contributed by atoms with Gasteiger partial charge >= 0.3 is 0 Å². The first-order valence-electron chi connectivity index (χ1n) is 10.00. The molecule has 0 spiro atoms. The Bertz CT molecular complexity index is 610. The maximum atomic E-state index is 13.5. The summed E-state index contributed by atoms with van der Waals surface area (Å²) in [6.45, 7) is 8.42. The number of terminal acetylenes is 1. The molecule has 26 heavy (non-hydrogen) atoms. The molecular formula is C22H34O4. The number of aliphatic hydroxyl groups is 1. The molecule has 3 rings (SSSR count). The first-order chi connectivity index (χ1) is 12.2. The molecule has 146 valence electrons. The summed E-state index contributed by atoms with van der Waals surface area (Å²) in [4.78, 5) is 13.5. The molecule has 2 bridgehead atoms. The van der Waals surface area contributed by atoms with E-state index in [2.05, 4.69) is 26.7 Å². The highest BCUT2D eigenvalue weighted by Crippen LogP contribution is 2.67. The third kappa shape index (κ3) is 2.51. The number of Topliss-reactive ketones (excluding diaryl/α,β-unsaturated/α-hetero) is 1. The van der Waals surface area contributed by atoms with Crippen LogP contribution in [-0.2, 0) is 14.3 Å². The van der Waals surface area contributed by atoms with Gasteiger partial charge in [-0.15, -0.1) is 6.42 Å². The van der Waals surface area contributed by atoms with Crippen LogP contribution in [0.15, 0.2) is 0 Å². The Kier molecular flexibility index (Phi) is 5.06. The summed E-state index contributed by atoms with van der Waals surface area (Å²) < 4.78 is 11.8. The summed E-state index contributed by atoms with van der Waals surface area (Å²) in [5, 5.41) is 11.4. The van der Waals surface area contributed by atoms with Gasteiger partial charge in [0.25, 0.3) is 0 Å². The normalized spacial score (nSPS) is 51.3. The Morgan fingerprint density at radius 3 is 2.54 bits per heavy atom. The van der Waals surface area contributed by atoms with Crippen LogP contribution in [0, 0.1) is 40.9 Å². The molecule has 0 aromatic heterocycles. The molecule has 0 heterocycles. The van der Waals surface area contributed by atoms with Gasteiger partial charge in [0.15, 0.2) is 5.78 Å². The van der Waals surface area contributed by atoms with Crippen molar-refractivity contribution in [1.29, 1.82) is 0 Å². The number of aliphatic hydroxyl groups excluding tert-OH is 1. The molecule has 3 saturated carbocycles. The van der Waals surface area contributed by atoms with E-state index in [0.717, 1.165) is 25.7 Å². The van der Waals surface area contributed by atoms with Crippen LogP contribution in [0.3, 0.4) is 0 Å². The van der Waals surface area contributed by atoms with E-state index >= 15 is 0 Å². The summed E-state index contributed by atoms with van der Waals surface area (Å²) in [5.74, 6) is 2.99. The minimum absolute atomic E-state index is 0.0881. The summed E-state index contributed by atoms with van der Waals surface area (Å²) in [6, 6.07) is 0. The molecule has 3 aliphatic carbocycles. The Labute approximate surface area is 158 Å². The van der Waals surface area contributed by atoms with Crippen molar-refractivity contribution in [3.8, 4) is 12.3 Å². The van der Waals surface area contributed by atoms with Gasteiger partial charge in [-0.05, 0) is 49.9 Å². The van der Waals surface area contributed by atoms with Gasteiger partial charge in [0, 0.05) is 24.9 Å². The minimum Gasteiger partial charge on any atom is -0.392 e. The van der Waals surface area contributed by atoms with Gasteiger partial charge in [0.2, 0.25) is 0 Å². The van der Waals surface area contributed by atoms with Gasteiger partial charge in [-0.3, -0.25) is 4.79 Å². The Hall–Kier alpha value is -0.890. The molecule has 0 aliphatic heterocycles. The van der Waals surface area contributed by atoms with Crippen LogP contribution in [-0.4, -0.2) is 42.4 Å². The lowest BCUT2D eigenvalue weighted by Gasteiger charge is -2.61. The van der Waals surface area contributed by atoms with Crippen molar-refractivity contribution in [2.75, 3.05) is 13.7 Å². The lowest BCUT2D eigenvalue weighted by atomic mass is 9.45. The molecule has 3 aliphatic rings. The highest BCUT2D eigenvalue weighted by Gasteiger charge is 2.68. The minimum atomic E-state index is -1.04. The summed E-state index contributed by atoms with van der Waals surface area (Å²) in [7, 11) is 1.77. The zero-order chi connectivity index (χ0) is 19.3. The smallest absolute Gasteiger partial charge is 0.167 e. The molecule has 4 nitrogen and oxygen atoms in total.